The van der Waals surface area contributed by atoms with Crippen LogP contribution in [0.15, 0.2) is 48.5 Å². The average Bonchev–Trinajstić information content (AvgIpc) is 3.46. The maximum absolute atomic E-state index is 14.5. The summed E-state index contributed by atoms with van der Waals surface area (Å²) >= 11 is 24.5. The van der Waals surface area contributed by atoms with Crippen LogP contribution in [0.2, 0.25) is 10.0 Å². The molecule has 1 saturated carbocycles. The van der Waals surface area contributed by atoms with Crippen LogP contribution >= 0.6 is 46.4 Å². The molecule has 216 valence electrons. The smallest absolute Gasteiger partial charge is 0.326 e. The molecule has 3 aromatic carbocycles. The van der Waals surface area contributed by atoms with Gasteiger partial charge in [-0.25, -0.2) is 13.2 Å². The third kappa shape index (κ3) is 6.50. The largest absolute Gasteiger partial charge is 0.471 e. The van der Waals surface area contributed by atoms with Crippen LogP contribution in [0, 0.1) is 23.4 Å². The fraction of sp³-hybridized carbons (Fsp3) is 0.160. The summed E-state index contributed by atoms with van der Waals surface area (Å²) in [6.07, 6.45) is -5.38. The van der Waals surface area contributed by atoms with Crippen molar-refractivity contribution in [3.63, 3.8) is 0 Å². The Labute approximate surface area is 246 Å². The number of halogens is 10. The van der Waals surface area contributed by atoms with Gasteiger partial charge in [-0.2, -0.15) is 13.2 Å². The van der Waals surface area contributed by atoms with Crippen LogP contribution in [0.25, 0.3) is 0 Å². The molecule has 0 unspecified atom stereocenters. The highest BCUT2D eigenvalue weighted by molar-refractivity contribution is 6.53. The lowest BCUT2D eigenvalue weighted by Crippen LogP contribution is -2.30. The number of rotatable bonds is 6. The van der Waals surface area contributed by atoms with Crippen molar-refractivity contribution >= 4 is 81.2 Å². The lowest BCUT2D eigenvalue weighted by molar-refractivity contribution is -0.167. The maximum atomic E-state index is 14.5. The Balaban J connectivity index is 1.51. The van der Waals surface area contributed by atoms with E-state index in [0.29, 0.717) is 11.6 Å². The standard InChI is InChI=1S/C25H13Cl4F6N3O3/c26-12-3-1-9(5-13(12)27)19-20(24(19,28)29)22(40)36-10-2-4-14(30)11(6-10)21(39)37-17-8-18(16(32)7-15(17)31)38-23(41)25(33,34)35/h1-8,19-20H,(H,36,40)(H,37,39)(H,38,41)/t19-,20+/m0/s1. The van der Waals surface area contributed by atoms with Crippen molar-refractivity contribution in [3.8, 4) is 0 Å². The van der Waals surface area contributed by atoms with E-state index in [4.69, 9.17) is 46.4 Å². The van der Waals surface area contributed by atoms with Gasteiger partial charge in [0.2, 0.25) is 5.91 Å². The molecule has 0 spiro atoms. The molecule has 1 aliphatic carbocycles. The monoisotopic (exact) mass is 657 g/mol. The molecule has 0 radical (unpaired) electrons. The van der Waals surface area contributed by atoms with E-state index in [9.17, 15) is 40.7 Å². The highest BCUT2D eigenvalue weighted by Gasteiger charge is 2.67. The van der Waals surface area contributed by atoms with E-state index in [1.165, 1.54) is 17.4 Å². The highest BCUT2D eigenvalue weighted by Crippen LogP contribution is 2.65. The first-order chi connectivity index (χ1) is 19.0. The molecule has 1 fully saturated rings. The van der Waals surface area contributed by atoms with Crippen LogP contribution in [0.1, 0.15) is 21.8 Å². The fourth-order valence-corrected chi connectivity index (χ4v) is 5.03. The predicted molar refractivity (Wildman–Crippen MR) is 141 cm³/mol. The van der Waals surface area contributed by atoms with Crippen LogP contribution in [-0.2, 0) is 9.59 Å². The molecule has 0 aromatic heterocycles. The van der Waals surface area contributed by atoms with Gasteiger partial charge >= 0.3 is 12.1 Å². The summed E-state index contributed by atoms with van der Waals surface area (Å²) in [6.45, 7) is 0. The van der Waals surface area contributed by atoms with Gasteiger partial charge in [0, 0.05) is 17.7 Å². The number of nitrogens with one attached hydrogen (secondary N) is 3. The Morgan fingerprint density at radius 2 is 1.39 bits per heavy atom. The first-order valence-electron chi connectivity index (χ1n) is 11.1. The quantitative estimate of drug-likeness (QED) is 0.188. The van der Waals surface area contributed by atoms with E-state index in [2.05, 4.69) is 5.32 Å². The number of amides is 3. The third-order valence-corrected chi connectivity index (χ3v) is 7.61. The second-order valence-corrected chi connectivity index (χ2v) is 11.0. The van der Waals surface area contributed by atoms with Crippen LogP contribution in [-0.4, -0.2) is 28.2 Å². The van der Waals surface area contributed by atoms with Gasteiger partial charge in [-0.1, -0.05) is 29.3 Å². The molecule has 1 aliphatic rings. The Bertz CT molecular complexity index is 1580. The molecule has 3 N–H and O–H groups in total. The number of carbonyl (C=O) groups is 3. The minimum absolute atomic E-state index is 0.0943. The number of hydrogen-bond acceptors (Lipinski definition) is 3. The van der Waals surface area contributed by atoms with Gasteiger partial charge in [0.25, 0.3) is 5.91 Å². The molecule has 0 saturated heterocycles. The molecule has 0 heterocycles. The summed E-state index contributed by atoms with van der Waals surface area (Å²) < 4.78 is 78.6. The number of carbonyl (C=O) groups excluding carboxylic acids is 3. The molecule has 16 heteroatoms. The minimum Gasteiger partial charge on any atom is -0.326 e. The van der Waals surface area contributed by atoms with Crippen molar-refractivity contribution in [3.05, 3.63) is 87.2 Å². The number of alkyl halides is 5. The van der Waals surface area contributed by atoms with Gasteiger partial charge < -0.3 is 16.0 Å². The second-order valence-electron chi connectivity index (χ2n) is 8.71. The average molecular weight is 659 g/mol. The number of anilines is 3. The first-order valence-corrected chi connectivity index (χ1v) is 12.6. The summed E-state index contributed by atoms with van der Waals surface area (Å²) in [5.41, 5.74) is -2.28. The Hall–Kier alpha value is -3.19. The van der Waals surface area contributed by atoms with Crippen LogP contribution < -0.4 is 16.0 Å². The summed E-state index contributed by atoms with van der Waals surface area (Å²) in [4.78, 5) is 36.7. The van der Waals surface area contributed by atoms with Gasteiger partial charge in [0.05, 0.1) is 32.9 Å². The van der Waals surface area contributed by atoms with E-state index in [0.717, 1.165) is 18.2 Å². The zero-order valence-corrected chi connectivity index (χ0v) is 22.8. The maximum Gasteiger partial charge on any atom is 0.471 e. The molecule has 6 nitrogen and oxygen atoms in total. The van der Waals surface area contributed by atoms with E-state index < -0.39 is 74.5 Å². The van der Waals surface area contributed by atoms with Gasteiger partial charge in [0.1, 0.15) is 21.8 Å². The van der Waals surface area contributed by atoms with Crippen LogP contribution in [0.5, 0.6) is 0 Å². The summed E-state index contributed by atoms with van der Waals surface area (Å²) in [6, 6.07) is 7.87. The fourth-order valence-electron chi connectivity index (χ4n) is 3.89. The Kier molecular flexibility index (Phi) is 8.43. The number of hydrogen-bond donors (Lipinski definition) is 3. The van der Waals surface area contributed by atoms with Crippen molar-refractivity contribution in [1.82, 2.24) is 0 Å². The lowest BCUT2D eigenvalue weighted by atomic mass is 10.1. The Morgan fingerprint density at radius 3 is 2.00 bits per heavy atom. The van der Waals surface area contributed by atoms with Gasteiger partial charge in [-0.3, -0.25) is 14.4 Å². The van der Waals surface area contributed by atoms with E-state index in [-0.39, 0.29) is 21.8 Å². The van der Waals surface area contributed by atoms with E-state index in [1.54, 1.807) is 6.07 Å². The topological polar surface area (TPSA) is 87.3 Å². The molecule has 3 amide bonds. The number of benzene rings is 3. The molecule has 0 aliphatic heterocycles. The van der Waals surface area contributed by atoms with Crippen molar-refractivity contribution < 1.29 is 40.7 Å². The predicted octanol–water partition coefficient (Wildman–Crippen LogP) is 7.69. The second kappa shape index (κ2) is 11.2. The van der Waals surface area contributed by atoms with Crippen molar-refractivity contribution in [1.29, 1.82) is 0 Å². The summed E-state index contributed by atoms with van der Waals surface area (Å²) in [5.74, 6) is -10.4. The van der Waals surface area contributed by atoms with E-state index in [1.807, 2.05) is 5.32 Å². The Morgan fingerprint density at radius 1 is 0.756 bits per heavy atom. The molecular formula is C25H13Cl4F6N3O3. The van der Waals surface area contributed by atoms with E-state index >= 15 is 0 Å². The molecular weight excluding hydrogens is 646 g/mol. The summed E-state index contributed by atoms with van der Waals surface area (Å²) in [7, 11) is 0. The minimum atomic E-state index is -5.38. The van der Waals surface area contributed by atoms with Crippen LogP contribution in [0.3, 0.4) is 0 Å². The van der Waals surface area contributed by atoms with Crippen LogP contribution in [0.4, 0.5) is 43.4 Å². The zero-order chi connectivity index (χ0) is 30.4. The van der Waals surface area contributed by atoms with Crippen molar-refractivity contribution in [2.24, 2.45) is 5.92 Å². The normalized spacial score (nSPS) is 17.5. The highest BCUT2D eigenvalue weighted by atomic mass is 35.5. The lowest BCUT2D eigenvalue weighted by Gasteiger charge is -2.13. The molecule has 41 heavy (non-hydrogen) atoms. The van der Waals surface area contributed by atoms with Crippen molar-refractivity contribution in [2.45, 2.75) is 16.4 Å². The van der Waals surface area contributed by atoms with Gasteiger partial charge in [-0.15, -0.1) is 23.2 Å². The van der Waals surface area contributed by atoms with Gasteiger partial charge in [-0.05, 0) is 42.0 Å². The molecule has 4 rings (SSSR count). The SMILES string of the molecule is O=C(Nc1cc(NC(=O)C(F)(F)F)c(F)cc1F)c1cc(NC(=O)[C@H]2[C@H](c3ccc(Cl)c(Cl)c3)C2(Cl)Cl)ccc1F. The summed E-state index contributed by atoms with van der Waals surface area (Å²) in [5, 5.41) is 6.01. The first kappa shape index (κ1) is 30.8. The zero-order valence-electron chi connectivity index (χ0n) is 19.8. The third-order valence-electron chi connectivity index (χ3n) is 5.93. The molecule has 0 bridgehead atoms. The van der Waals surface area contributed by atoms with Crippen molar-refractivity contribution in [2.75, 3.05) is 16.0 Å². The molecule has 3 aromatic rings. The van der Waals surface area contributed by atoms with Gasteiger partial charge in [0.15, 0.2) is 0 Å². The molecule has 2 atom stereocenters.